The summed E-state index contributed by atoms with van der Waals surface area (Å²) in [4.78, 5) is 20.5. The van der Waals surface area contributed by atoms with Crippen LogP contribution in [0.2, 0.25) is 0 Å². The van der Waals surface area contributed by atoms with Crippen LogP contribution in [-0.4, -0.2) is 56.0 Å². The summed E-state index contributed by atoms with van der Waals surface area (Å²) in [6, 6.07) is 10.5. The number of thiazole rings is 1. The SMILES string of the molecule is Cc1cc(C)c2nc(N(CC3CCCO3)C(=O)c3ccc(S(=O)(=O)N4CCC(C)CC4)cc3)sc2c1. The summed E-state index contributed by atoms with van der Waals surface area (Å²) in [7, 11) is -3.57. The molecule has 2 aliphatic heterocycles. The number of piperidine rings is 1. The van der Waals surface area contributed by atoms with E-state index in [-0.39, 0.29) is 16.9 Å². The number of fused-ring (bicyclic) bond motifs is 1. The van der Waals surface area contributed by atoms with E-state index in [9.17, 15) is 13.2 Å². The van der Waals surface area contributed by atoms with Gasteiger partial charge in [-0.25, -0.2) is 13.4 Å². The Balaban J connectivity index is 1.43. The largest absolute Gasteiger partial charge is 0.376 e. The smallest absolute Gasteiger partial charge is 0.260 e. The fourth-order valence-electron chi connectivity index (χ4n) is 5.01. The van der Waals surface area contributed by atoms with Gasteiger partial charge < -0.3 is 4.74 Å². The number of aryl methyl sites for hydroxylation is 2. The Hall–Kier alpha value is -2.33. The van der Waals surface area contributed by atoms with E-state index in [0.29, 0.717) is 42.9 Å². The molecule has 2 aliphatic rings. The number of benzene rings is 2. The number of nitrogens with zero attached hydrogens (tertiary/aromatic N) is 3. The third-order valence-electron chi connectivity index (χ3n) is 7.19. The molecule has 1 amide bonds. The summed E-state index contributed by atoms with van der Waals surface area (Å²) in [5.74, 6) is 0.344. The van der Waals surface area contributed by atoms with Crippen molar-refractivity contribution in [2.24, 2.45) is 5.92 Å². The molecule has 2 aromatic carbocycles. The number of rotatable bonds is 6. The number of carbonyl (C=O) groups is 1. The molecule has 2 saturated heterocycles. The fraction of sp³-hybridized carbons (Fsp3) is 0.481. The van der Waals surface area contributed by atoms with Crippen LogP contribution in [0.3, 0.4) is 0 Å². The zero-order valence-electron chi connectivity index (χ0n) is 21.1. The predicted molar refractivity (Wildman–Crippen MR) is 143 cm³/mol. The van der Waals surface area contributed by atoms with Crippen molar-refractivity contribution in [3.8, 4) is 0 Å². The molecule has 0 bridgehead atoms. The first kappa shape index (κ1) is 25.3. The molecule has 3 heterocycles. The lowest BCUT2D eigenvalue weighted by atomic mass is 10.0. The highest BCUT2D eigenvalue weighted by molar-refractivity contribution is 7.89. The topological polar surface area (TPSA) is 79.8 Å². The van der Waals surface area contributed by atoms with Crippen molar-refractivity contribution >= 4 is 42.6 Å². The van der Waals surface area contributed by atoms with Crippen LogP contribution in [-0.2, 0) is 14.8 Å². The second kappa shape index (κ2) is 10.2. The first-order valence-corrected chi connectivity index (χ1v) is 14.9. The Morgan fingerprint density at radius 1 is 1.14 bits per heavy atom. The maximum atomic E-state index is 13.7. The van der Waals surface area contributed by atoms with Gasteiger partial charge in [-0.2, -0.15) is 4.31 Å². The van der Waals surface area contributed by atoms with Crippen LogP contribution in [0.25, 0.3) is 10.2 Å². The van der Waals surface area contributed by atoms with Gasteiger partial charge in [-0.3, -0.25) is 9.69 Å². The monoisotopic (exact) mass is 527 g/mol. The summed E-state index contributed by atoms with van der Waals surface area (Å²) >= 11 is 1.50. The van der Waals surface area contributed by atoms with E-state index < -0.39 is 10.0 Å². The Morgan fingerprint density at radius 2 is 1.86 bits per heavy atom. The first-order chi connectivity index (χ1) is 17.2. The summed E-state index contributed by atoms with van der Waals surface area (Å²) < 4.78 is 34.7. The van der Waals surface area contributed by atoms with Gasteiger partial charge in [-0.05, 0) is 86.9 Å². The molecular formula is C27H33N3O4S2. The van der Waals surface area contributed by atoms with Crippen LogP contribution in [0.4, 0.5) is 5.13 Å². The number of ether oxygens (including phenoxy) is 1. The Labute approximate surface area is 217 Å². The molecule has 9 heteroatoms. The molecule has 0 N–H and O–H groups in total. The molecule has 1 unspecified atom stereocenters. The average Bonchev–Trinajstić information content (AvgIpc) is 3.52. The molecule has 0 saturated carbocycles. The van der Waals surface area contributed by atoms with Crippen molar-refractivity contribution in [3.63, 3.8) is 0 Å². The highest BCUT2D eigenvalue weighted by atomic mass is 32.2. The van der Waals surface area contributed by atoms with Gasteiger partial charge in [0.25, 0.3) is 5.91 Å². The lowest BCUT2D eigenvalue weighted by Gasteiger charge is -2.29. The zero-order chi connectivity index (χ0) is 25.4. The fourth-order valence-corrected chi connectivity index (χ4v) is 7.63. The van der Waals surface area contributed by atoms with Crippen molar-refractivity contribution in [1.82, 2.24) is 9.29 Å². The van der Waals surface area contributed by atoms with Gasteiger partial charge in [0, 0.05) is 25.3 Å². The van der Waals surface area contributed by atoms with E-state index in [1.165, 1.54) is 11.3 Å². The van der Waals surface area contributed by atoms with Crippen molar-refractivity contribution in [2.75, 3.05) is 31.1 Å². The molecule has 2 fully saturated rings. The quantitative estimate of drug-likeness (QED) is 0.442. The van der Waals surface area contributed by atoms with E-state index in [1.807, 2.05) is 6.92 Å². The third-order valence-corrected chi connectivity index (χ3v) is 10.1. The molecule has 5 rings (SSSR count). The van der Waals surface area contributed by atoms with Gasteiger partial charge in [0.1, 0.15) is 0 Å². The van der Waals surface area contributed by atoms with Crippen LogP contribution < -0.4 is 4.90 Å². The van der Waals surface area contributed by atoms with Crippen LogP contribution >= 0.6 is 11.3 Å². The second-order valence-electron chi connectivity index (χ2n) is 10.1. The summed E-state index contributed by atoms with van der Waals surface area (Å²) in [6.07, 6.45) is 3.58. The standard InChI is InChI=1S/C27H33N3O4S2/c1-18-10-12-29(13-11-18)36(32,33)23-8-6-21(7-9-23)26(31)30(17-22-5-4-14-34-22)27-28-25-20(3)15-19(2)16-24(25)35-27/h6-9,15-16,18,22H,4-5,10-14,17H2,1-3H3. The highest BCUT2D eigenvalue weighted by Crippen LogP contribution is 2.33. The van der Waals surface area contributed by atoms with Crippen molar-refractivity contribution < 1.29 is 17.9 Å². The van der Waals surface area contributed by atoms with Crippen LogP contribution in [0, 0.1) is 19.8 Å². The van der Waals surface area contributed by atoms with E-state index in [0.717, 1.165) is 47.0 Å². The first-order valence-electron chi connectivity index (χ1n) is 12.6. The number of hydrogen-bond donors (Lipinski definition) is 0. The molecule has 192 valence electrons. The molecular weight excluding hydrogens is 494 g/mol. The number of aromatic nitrogens is 1. The lowest BCUT2D eigenvalue weighted by molar-refractivity contribution is 0.0917. The predicted octanol–water partition coefficient (Wildman–Crippen LogP) is 5.16. The van der Waals surface area contributed by atoms with Crippen LogP contribution in [0.15, 0.2) is 41.3 Å². The second-order valence-corrected chi connectivity index (χ2v) is 13.0. The molecule has 36 heavy (non-hydrogen) atoms. The molecule has 1 aromatic heterocycles. The van der Waals surface area contributed by atoms with E-state index in [2.05, 4.69) is 26.0 Å². The molecule has 0 spiro atoms. The lowest BCUT2D eigenvalue weighted by Crippen LogP contribution is -2.38. The Morgan fingerprint density at radius 3 is 2.53 bits per heavy atom. The van der Waals surface area contributed by atoms with Gasteiger partial charge in [-0.15, -0.1) is 0 Å². The molecule has 0 aliphatic carbocycles. The maximum Gasteiger partial charge on any atom is 0.260 e. The zero-order valence-corrected chi connectivity index (χ0v) is 22.7. The molecule has 7 nitrogen and oxygen atoms in total. The Bertz CT molecular complexity index is 1350. The van der Waals surface area contributed by atoms with Gasteiger partial charge >= 0.3 is 0 Å². The Kier molecular flexibility index (Phi) is 7.18. The number of amides is 1. The summed E-state index contributed by atoms with van der Waals surface area (Å²) in [5.41, 5.74) is 3.58. The van der Waals surface area contributed by atoms with Crippen LogP contribution in [0.5, 0.6) is 0 Å². The molecule has 0 radical (unpaired) electrons. The van der Waals surface area contributed by atoms with Crippen molar-refractivity contribution in [3.05, 3.63) is 53.1 Å². The van der Waals surface area contributed by atoms with Gasteiger partial charge in [-0.1, -0.05) is 24.3 Å². The summed E-state index contributed by atoms with van der Waals surface area (Å²) in [5, 5.41) is 0.637. The number of anilines is 1. The van der Waals surface area contributed by atoms with E-state index in [1.54, 1.807) is 33.5 Å². The number of sulfonamides is 1. The molecule has 3 aromatic rings. The molecule has 1 atom stereocenters. The van der Waals surface area contributed by atoms with Gasteiger partial charge in [0.05, 0.1) is 27.8 Å². The minimum Gasteiger partial charge on any atom is -0.376 e. The minimum absolute atomic E-state index is 0.0371. The number of hydrogen-bond acceptors (Lipinski definition) is 6. The van der Waals surface area contributed by atoms with Gasteiger partial charge in [0.15, 0.2) is 5.13 Å². The normalized spacial score (nSPS) is 19.7. The van der Waals surface area contributed by atoms with Gasteiger partial charge in [0.2, 0.25) is 10.0 Å². The van der Waals surface area contributed by atoms with Crippen LogP contribution in [0.1, 0.15) is 54.1 Å². The van der Waals surface area contributed by atoms with E-state index in [4.69, 9.17) is 9.72 Å². The van der Waals surface area contributed by atoms with Crippen molar-refractivity contribution in [2.45, 2.75) is 57.5 Å². The summed E-state index contributed by atoms with van der Waals surface area (Å²) in [6.45, 7) is 8.44. The third kappa shape index (κ3) is 5.07. The van der Waals surface area contributed by atoms with Crippen molar-refractivity contribution in [1.29, 1.82) is 0 Å². The minimum atomic E-state index is -3.57. The highest BCUT2D eigenvalue weighted by Gasteiger charge is 2.30. The number of carbonyl (C=O) groups excluding carboxylic acids is 1. The average molecular weight is 528 g/mol. The van der Waals surface area contributed by atoms with E-state index >= 15 is 0 Å². The maximum absolute atomic E-state index is 13.7.